The number of amides is 2. The van der Waals surface area contributed by atoms with Crippen LogP contribution in [0.1, 0.15) is 0 Å². The van der Waals surface area contributed by atoms with Crippen molar-refractivity contribution in [3.8, 4) is 5.75 Å². The third-order valence-corrected chi connectivity index (χ3v) is 4.13. The zero-order valence-corrected chi connectivity index (χ0v) is 11.7. The number of fused-ring (bicyclic) bond motifs is 3. The molecule has 8 nitrogen and oxygen atoms in total. The zero-order chi connectivity index (χ0) is 15.3. The van der Waals surface area contributed by atoms with Crippen molar-refractivity contribution in [1.82, 2.24) is 0 Å². The summed E-state index contributed by atoms with van der Waals surface area (Å²) >= 11 is 0. The van der Waals surface area contributed by atoms with Crippen LogP contribution in [0.15, 0.2) is 18.2 Å². The Balaban J connectivity index is 1.68. The molecule has 0 aliphatic carbocycles. The minimum atomic E-state index is -0.418. The van der Waals surface area contributed by atoms with E-state index in [1.54, 1.807) is 23.1 Å². The van der Waals surface area contributed by atoms with Crippen LogP contribution >= 0.6 is 0 Å². The predicted molar refractivity (Wildman–Crippen MR) is 76.2 cm³/mol. The van der Waals surface area contributed by atoms with Crippen LogP contribution in [-0.2, 0) is 9.47 Å². The molecule has 0 saturated carbocycles. The quantitative estimate of drug-likeness (QED) is 0.864. The smallest absolute Gasteiger partial charge is 0.415 e. The lowest BCUT2D eigenvalue weighted by atomic mass is 10.1. The number of benzene rings is 1. The van der Waals surface area contributed by atoms with Crippen LogP contribution < -0.4 is 20.3 Å². The number of ether oxygens (including phenoxy) is 3. The van der Waals surface area contributed by atoms with Crippen molar-refractivity contribution < 1.29 is 23.8 Å². The van der Waals surface area contributed by atoms with Crippen LogP contribution in [0.5, 0.6) is 5.75 Å². The molecule has 22 heavy (non-hydrogen) atoms. The zero-order valence-electron chi connectivity index (χ0n) is 11.7. The standard InChI is InChI=1S/C14H15N3O5/c15-6-12-10-7-21-11-5-8(16-3-4-20-13(16)18)1-2-9(11)17(10)14(19)22-12/h1-2,5,10,12H,3-4,6-7,15H2/t10-,12-/m0/s1. The molecule has 8 heteroatoms. The summed E-state index contributed by atoms with van der Waals surface area (Å²) in [6.07, 6.45) is -1.16. The SMILES string of the molecule is NC[C@@H]1OC(=O)N2c3ccc(N4CCOC4=O)cc3OC[C@@H]12. The van der Waals surface area contributed by atoms with Crippen LogP contribution in [0, 0.1) is 0 Å². The molecule has 3 heterocycles. The number of nitrogens with two attached hydrogens (primary N) is 1. The molecule has 2 saturated heterocycles. The monoisotopic (exact) mass is 305 g/mol. The number of hydrogen-bond donors (Lipinski definition) is 1. The molecule has 3 aliphatic heterocycles. The van der Waals surface area contributed by atoms with E-state index in [9.17, 15) is 9.59 Å². The Morgan fingerprint density at radius 1 is 1.23 bits per heavy atom. The summed E-state index contributed by atoms with van der Waals surface area (Å²) in [5, 5.41) is 0. The first kappa shape index (κ1) is 13.2. The first-order chi connectivity index (χ1) is 10.7. The van der Waals surface area contributed by atoms with Gasteiger partial charge in [-0.15, -0.1) is 0 Å². The molecule has 4 rings (SSSR count). The number of nitrogens with zero attached hydrogens (tertiary/aromatic N) is 2. The average Bonchev–Trinajstić information content (AvgIpc) is 3.10. The summed E-state index contributed by atoms with van der Waals surface area (Å²) in [5.74, 6) is 0.545. The fourth-order valence-electron chi connectivity index (χ4n) is 3.02. The highest BCUT2D eigenvalue weighted by Gasteiger charge is 2.46. The normalized spacial score (nSPS) is 26.2. The van der Waals surface area contributed by atoms with Crippen molar-refractivity contribution in [2.24, 2.45) is 5.73 Å². The topological polar surface area (TPSA) is 94.3 Å². The maximum atomic E-state index is 12.0. The highest BCUT2D eigenvalue weighted by Crippen LogP contribution is 2.41. The fraction of sp³-hybridized carbons (Fsp3) is 0.429. The highest BCUT2D eigenvalue weighted by molar-refractivity contribution is 5.95. The average molecular weight is 305 g/mol. The summed E-state index contributed by atoms with van der Waals surface area (Å²) in [4.78, 5) is 26.8. The molecule has 2 amide bonds. The van der Waals surface area contributed by atoms with Crippen molar-refractivity contribution in [1.29, 1.82) is 0 Å². The Hall–Kier alpha value is -2.48. The van der Waals surface area contributed by atoms with Gasteiger partial charge in [0.05, 0.1) is 17.9 Å². The molecule has 0 bridgehead atoms. The molecule has 1 aromatic carbocycles. The van der Waals surface area contributed by atoms with Crippen molar-refractivity contribution in [2.45, 2.75) is 12.1 Å². The molecule has 0 unspecified atom stereocenters. The largest absolute Gasteiger partial charge is 0.489 e. The second-order valence-corrected chi connectivity index (χ2v) is 5.32. The van der Waals surface area contributed by atoms with Crippen LogP contribution in [0.4, 0.5) is 21.0 Å². The van der Waals surface area contributed by atoms with Gasteiger partial charge in [-0.25, -0.2) is 9.59 Å². The van der Waals surface area contributed by atoms with Gasteiger partial charge in [-0.1, -0.05) is 0 Å². The van der Waals surface area contributed by atoms with E-state index < -0.39 is 6.09 Å². The Kier molecular flexibility index (Phi) is 2.86. The molecule has 116 valence electrons. The minimum absolute atomic E-state index is 0.215. The highest BCUT2D eigenvalue weighted by atomic mass is 16.6. The van der Waals surface area contributed by atoms with Crippen molar-refractivity contribution in [3.05, 3.63) is 18.2 Å². The Morgan fingerprint density at radius 2 is 2.09 bits per heavy atom. The van der Waals surface area contributed by atoms with E-state index in [0.717, 1.165) is 0 Å². The maximum Gasteiger partial charge on any atom is 0.415 e. The van der Waals surface area contributed by atoms with Crippen molar-refractivity contribution in [2.75, 3.05) is 36.1 Å². The van der Waals surface area contributed by atoms with Gasteiger partial charge in [0, 0.05) is 12.6 Å². The number of carbonyl (C=O) groups is 2. The van der Waals surface area contributed by atoms with Crippen LogP contribution in [0.25, 0.3) is 0 Å². The molecule has 0 radical (unpaired) electrons. The van der Waals surface area contributed by atoms with Crippen molar-refractivity contribution >= 4 is 23.6 Å². The van der Waals surface area contributed by atoms with E-state index in [-0.39, 0.29) is 24.8 Å². The molecule has 2 fully saturated rings. The maximum absolute atomic E-state index is 12.0. The lowest BCUT2D eigenvalue weighted by Crippen LogP contribution is -2.46. The number of carbonyl (C=O) groups excluding carboxylic acids is 2. The van der Waals surface area contributed by atoms with E-state index >= 15 is 0 Å². The number of anilines is 2. The number of rotatable bonds is 2. The lowest BCUT2D eigenvalue weighted by Gasteiger charge is -2.31. The minimum Gasteiger partial charge on any atom is -0.489 e. The van der Waals surface area contributed by atoms with Crippen LogP contribution in [0.3, 0.4) is 0 Å². The van der Waals surface area contributed by atoms with Gasteiger partial charge in [-0.3, -0.25) is 9.80 Å². The first-order valence-corrected chi connectivity index (χ1v) is 7.10. The summed E-state index contributed by atoms with van der Waals surface area (Å²) in [6, 6.07) is 5.04. The van der Waals surface area contributed by atoms with Gasteiger partial charge in [0.25, 0.3) is 0 Å². The third-order valence-electron chi connectivity index (χ3n) is 4.13. The molecule has 0 spiro atoms. The molecular formula is C14H15N3O5. The van der Waals surface area contributed by atoms with Gasteiger partial charge in [0.2, 0.25) is 0 Å². The van der Waals surface area contributed by atoms with E-state index in [1.165, 1.54) is 4.90 Å². The fourth-order valence-corrected chi connectivity index (χ4v) is 3.02. The molecular weight excluding hydrogens is 290 g/mol. The molecule has 2 N–H and O–H groups in total. The van der Waals surface area contributed by atoms with E-state index in [2.05, 4.69) is 0 Å². The molecule has 0 aromatic heterocycles. The number of cyclic esters (lactones) is 2. The van der Waals surface area contributed by atoms with Crippen molar-refractivity contribution in [3.63, 3.8) is 0 Å². The summed E-state index contributed by atoms with van der Waals surface area (Å²) in [5.41, 5.74) is 6.94. The Morgan fingerprint density at radius 3 is 2.82 bits per heavy atom. The second kappa shape index (κ2) is 4.77. The third kappa shape index (κ3) is 1.80. The van der Waals surface area contributed by atoms with Gasteiger partial charge in [-0.05, 0) is 12.1 Å². The molecule has 1 aromatic rings. The van der Waals surface area contributed by atoms with Crippen LogP contribution in [0.2, 0.25) is 0 Å². The summed E-state index contributed by atoms with van der Waals surface area (Å²) < 4.78 is 15.9. The molecule has 3 aliphatic rings. The van der Waals surface area contributed by atoms with E-state index in [1.807, 2.05) is 0 Å². The summed E-state index contributed by atoms with van der Waals surface area (Å²) in [6.45, 7) is 1.44. The lowest BCUT2D eigenvalue weighted by molar-refractivity contribution is 0.126. The van der Waals surface area contributed by atoms with E-state index in [4.69, 9.17) is 19.9 Å². The van der Waals surface area contributed by atoms with Gasteiger partial charge >= 0.3 is 12.2 Å². The first-order valence-electron chi connectivity index (χ1n) is 7.10. The van der Waals surface area contributed by atoms with E-state index in [0.29, 0.717) is 36.9 Å². The van der Waals surface area contributed by atoms with Gasteiger partial charge in [0.15, 0.2) is 0 Å². The van der Waals surface area contributed by atoms with Gasteiger partial charge < -0.3 is 19.9 Å². The molecule has 2 atom stereocenters. The Bertz CT molecular complexity index is 649. The Labute approximate surface area is 126 Å². The van der Waals surface area contributed by atoms with Gasteiger partial charge in [-0.2, -0.15) is 0 Å². The summed E-state index contributed by atoms with van der Waals surface area (Å²) in [7, 11) is 0. The predicted octanol–water partition coefficient (Wildman–Crippen LogP) is 0.688. The van der Waals surface area contributed by atoms with Crippen LogP contribution in [-0.4, -0.2) is 50.6 Å². The van der Waals surface area contributed by atoms with Gasteiger partial charge in [0.1, 0.15) is 31.1 Å². The second-order valence-electron chi connectivity index (χ2n) is 5.32. The number of hydrogen-bond acceptors (Lipinski definition) is 6.